The molecule has 1 aromatic carbocycles. The predicted octanol–water partition coefficient (Wildman–Crippen LogP) is 2.53. The van der Waals surface area contributed by atoms with Crippen LogP contribution in [0, 0.1) is 6.92 Å². The summed E-state index contributed by atoms with van der Waals surface area (Å²) in [6.07, 6.45) is 5.91. The third-order valence-corrected chi connectivity index (χ3v) is 3.80. The van der Waals surface area contributed by atoms with Crippen molar-refractivity contribution in [1.82, 2.24) is 19.6 Å². The fourth-order valence-electron chi connectivity index (χ4n) is 2.72. The number of anilines is 3. The molecule has 3 aromatic rings. The van der Waals surface area contributed by atoms with Gasteiger partial charge in [0.1, 0.15) is 5.82 Å². The smallest absolute Gasteiger partial charge is 0.204 e. The second-order valence-electron chi connectivity index (χ2n) is 5.24. The van der Waals surface area contributed by atoms with Gasteiger partial charge in [-0.2, -0.15) is 0 Å². The Morgan fingerprint density at radius 1 is 1.29 bits per heavy atom. The summed E-state index contributed by atoms with van der Waals surface area (Å²) >= 11 is 0. The van der Waals surface area contributed by atoms with E-state index in [-0.39, 0.29) is 0 Å². The second-order valence-corrected chi connectivity index (χ2v) is 5.24. The largest absolute Gasteiger partial charge is 0.385 e. The second kappa shape index (κ2) is 4.73. The Morgan fingerprint density at radius 3 is 3.19 bits per heavy atom. The standard InChI is InChI=1S/C15H16N6/c1-10-19-20-15-14(17-7-8-21(10)15)18-12-4-5-13-11(9-12)3-2-6-16-13/h4-5,7-9,16H,2-3,6H2,1H3,(H,17,18). The summed E-state index contributed by atoms with van der Waals surface area (Å²) in [6, 6.07) is 6.35. The summed E-state index contributed by atoms with van der Waals surface area (Å²) < 4.78 is 1.93. The predicted molar refractivity (Wildman–Crippen MR) is 82.1 cm³/mol. The van der Waals surface area contributed by atoms with E-state index < -0.39 is 0 Å². The molecule has 0 aliphatic carbocycles. The molecule has 2 aromatic heterocycles. The first kappa shape index (κ1) is 12.1. The van der Waals surface area contributed by atoms with Crippen molar-refractivity contribution in [2.24, 2.45) is 0 Å². The van der Waals surface area contributed by atoms with Gasteiger partial charge in [0.25, 0.3) is 0 Å². The van der Waals surface area contributed by atoms with Crippen molar-refractivity contribution in [3.63, 3.8) is 0 Å². The zero-order valence-corrected chi connectivity index (χ0v) is 11.8. The number of nitrogens with one attached hydrogen (secondary N) is 2. The van der Waals surface area contributed by atoms with Crippen molar-refractivity contribution >= 4 is 22.8 Å². The van der Waals surface area contributed by atoms with Gasteiger partial charge in [-0.3, -0.25) is 4.40 Å². The highest BCUT2D eigenvalue weighted by Crippen LogP contribution is 2.27. The molecular formula is C15H16N6. The monoisotopic (exact) mass is 280 g/mol. The van der Waals surface area contributed by atoms with Crippen LogP contribution in [-0.4, -0.2) is 26.1 Å². The number of nitrogens with zero attached hydrogens (tertiary/aromatic N) is 4. The Labute approximate surface area is 122 Å². The molecule has 1 aliphatic heterocycles. The lowest BCUT2D eigenvalue weighted by atomic mass is 10.0. The van der Waals surface area contributed by atoms with Gasteiger partial charge in [0.15, 0.2) is 5.82 Å². The van der Waals surface area contributed by atoms with E-state index in [4.69, 9.17) is 0 Å². The summed E-state index contributed by atoms with van der Waals surface area (Å²) in [6.45, 7) is 2.98. The molecule has 6 nitrogen and oxygen atoms in total. The molecule has 0 amide bonds. The third-order valence-electron chi connectivity index (χ3n) is 3.80. The van der Waals surface area contributed by atoms with Crippen LogP contribution in [0.3, 0.4) is 0 Å². The van der Waals surface area contributed by atoms with Gasteiger partial charge >= 0.3 is 0 Å². The van der Waals surface area contributed by atoms with Crippen LogP contribution in [0.5, 0.6) is 0 Å². The Bertz CT molecular complexity index is 807. The first-order chi connectivity index (χ1) is 10.3. The first-order valence-electron chi connectivity index (χ1n) is 7.11. The van der Waals surface area contributed by atoms with E-state index in [2.05, 4.69) is 44.0 Å². The average Bonchev–Trinajstić information content (AvgIpc) is 2.90. The molecule has 1 aliphatic rings. The van der Waals surface area contributed by atoms with Crippen LogP contribution in [0.2, 0.25) is 0 Å². The molecule has 0 atom stereocenters. The first-order valence-corrected chi connectivity index (χ1v) is 7.11. The Morgan fingerprint density at radius 2 is 2.24 bits per heavy atom. The van der Waals surface area contributed by atoms with Crippen LogP contribution >= 0.6 is 0 Å². The number of aromatic nitrogens is 4. The lowest BCUT2D eigenvalue weighted by Gasteiger charge is -2.19. The number of hydrogen-bond acceptors (Lipinski definition) is 5. The van der Waals surface area contributed by atoms with Crippen LogP contribution in [0.4, 0.5) is 17.2 Å². The summed E-state index contributed by atoms with van der Waals surface area (Å²) in [5.41, 5.74) is 4.34. The van der Waals surface area contributed by atoms with E-state index in [0.717, 1.165) is 35.9 Å². The topological polar surface area (TPSA) is 67.1 Å². The minimum Gasteiger partial charge on any atom is -0.385 e. The molecule has 0 bridgehead atoms. The molecule has 3 heterocycles. The van der Waals surface area contributed by atoms with Crippen molar-refractivity contribution in [3.05, 3.63) is 42.0 Å². The third kappa shape index (κ3) is 2.08. The van der Waals surface area contributed by atoms with Crippen molar-refractivity contribution in [2.45, 2.75) is 19.8 Å². The van der Waals surface area contributed by atoms with Crippen LogP contribution < -0.4 is 10.6 Å². The van der Waals surface area contributed by atoms with Gasteiger partial charge < -0.3 is 10.6 Å². The maximum absolute atomic E-state index is 4.38. The van der Waals surface area contributed by atoms with Crippen molar-refractivity contribution < 1.29 is 0 Å². The summed E-state index contributed by atoms with van der Waals surface area (Å²) in [7, 11) is 0. The van der Waals surface area contributed by atoms with Gasteiger partial charge in [-0.05, 0) is 43.5 Å². The highest BCUT2D eigenvalue weighted by atomic mass is 15.3. The summed E-state index contributed by atoms with van der Waals surface area (Å²) in [5, 5.41) is 15.0. The number of benzene rings is 1. The summed E-state index contributed by atoms with van der Waals surface area (Å²) in [5.74, 6) is 1.58. The minimum absolute atomic E-state index is 0.724. The normalized spacial score (nSPS) is 13.8. The van der Waals surface area contributed by atoms with E-state index in [1.807, 2.05) is 17.5 Å². The van der Waals surface area contributed by atoms with Crippen molar-refractivity contribution in [1.29, 1.82) is 0 Å². The highest BCUT2D eigenvalue weighted by Gasteiger charge is 2.11. The Balaban J connectivity index is 1.71. The molecular weight excluding hydrogens is 264 g/mol. The molecule has 106 valence electrons. The fourth-order valence-corrected chi connectivity index (χ4v) is 2.72. The van der Waals surface area contributed by atoms with Crippen LogP contribution in [0.15, 0.2) is 30.6 Å². The quantitative estimate of drug-likeness (QED) is 0.755. The van der Waals surface area contributed by atoms with Gasteiger partial charge in [0.05, 0.1) is 0 Å². The summed E-state index contributed by atoms with van der Waals surface area (Å²) in [4.78, 5) is 4.38. The minimum atomic E-state index is 0.724. The number of fused-ring (bicyclic) bond motifs is 2. The molecule has 0 fully saturated rings. The van der Waals surface area contributed by atoms with Crippen molar-refractivity contribution in [2.75, 3.05) is 17.2 Å². The van der Waals surface area contributed by atoms with Gasteiger partial charge in [-0.25, -0.2) is 4.98 Å². The molecule has 6 heteroatoms. The molecule has 0 spiro atoms. The van der Waals surface area contributed by atoms with E-state index >= 15 is 0 Å². The molecule has 0 radical (unpaired) electrons. The van der Waals surface area contributed by atoms with Crippen LogP contribution in [-0.2, 0) is 6.42 Å². The maximum atomic E-state index is 4.38. The average molecular weight is 280 g/mol. The lowest BCUT2D eigenvalue weighted by molar-refractivity contribution is 0.830. The van der Waals surface area contributed by atoms with E-state index in [9.17, 15) is 0 Å². The zero-order valence-electron chi connectivity index (χ0n) is 11.8. The Hall–Kier alpha value is -2.63. The Kier molecular flexibility index (Phi) is 2.73. The SMILES string of the molecule is Cc1nnc2c(Nc3ccc4c(c3)CCCN4)nccn12. The molecule has 0 saturated heterocycles. The fraction of sp³-hybridized carbons (Fsp3) is 0.267. The molecule has 21 heavy (non-hydrogen) atoms. The molecule has 2 N–H and O–H groups in total. The number of rotatable bonds is 2. The van der Waals surface area contributed by atoms with Crippen LogP contribution in [0.1, 0.15) is 17.8 Å². The van der Waals surface area contributed by atoms with Gasteiger partial charge in [0.2, 0.25) is 5.65 Å². The van der Waals surface area contributed by atoms with Crippen LogP contribution in [0.25, 0.3) is 5.65 Å². The lowest BCUT2D eigenvalue weighted by Crippen LogP contribution is -2.11. The van der Waals surface area contributed by atoms with Gasteiger partial charge in [-0.1, -0.05) is 0 Å². The molecule has 0 unspecified atom stereocenters. The number of aryl methyl sites for hydroxylation is 2. The maximum Gasteiger partial charge on any atom is 0.204 e. The van der Waals surface area contributed by atoms with E-state index in [0.29, 0.717) is 0 Å². The van der Waals surface area contributed by atoms with Gasteiger partial charge in [-0.15, -0.1) is 10.2 Å². The number of hydrogen-bond donors (Lipinski definition) is 2. The van der Waals surface area contributed by atoms with E-state index in [1.165, 1.54) is 17.7 Å². The van der Waals surface area contributed by atoms with Crippen molar-refractivity contribution in [3.8, 4) is 0 Å². The molecule has 4 rings (SSSR count). The zero-order chi connectivity index (χ0) is 14.2. The molecule has 0 saturated carbocycles. The highest BCUT2D eigenvalue weighted by molar-refractivity contribution is 5.71. The van der Waals surface area contributed by atoms with E-state index in [1.54, 1.807) is 6.20 Å². The van der Waals surface area contributed by atoms with Gasteiger partial charge in [0, 0.05) is 30.3 Å².